The molecule has 0 amide bonds. The van der Waals surface area contributed by atoms with E-state index in [4.69, 9.17) is 20.2 Å². The lowest BCUT2D eigenvalue weighted by molar-refractivity contribution is 0.190. The van der Waals surface area contributed by atoms with Crippen LogP contribution in [0.25, 0.3) is 11.0 Å². The molecule has 0 bridgehead atoms. The lowest BCUT2D eigenvalue weighted by Crippen LogP contribution is -2.18. The number of hydrogen-bond acceptors (Lipinski definition) is 4. The van der Waals surface area contributed by atoms with Crippen LogP contribution in [-0.2, 0) is 4.74 Å². The van der Waals surface area contributed by atoms with Crippen LogP contribution in [0.4, 0.5) is 0 Å². The summed E-state index contributed by atoms with van der Waals surface area (Å²) in [5, 5.41) is 0. The third-order valence-corrected chi connectivity index (χ3v) is 3.64. The fourth-order valence-electron chi connectivity index (χ4n) is 2.61. The van der Waals surface area contributed by atoms with Gasteiger partial charge in [-0.15, -0.1) is 0 Å². The Hall–Kier alpha value is -1.59. The zero-order chi connectivity index (χ0) is 15.4. The van der Waals surface area contributed by atoms with E-state index in [1.807, 2.05) is 18.2 Å². The lowest BCUT2D eigenvalue weighted by atomic mass is 10.1. The van der Waals surface area contributed by atoms with Crippen LogP contribution in [0.2, 0.25) is 0 Å². The van der Waals surface area contributed by atoms with Crippen LogP contribution in [0, 0.1) is 0 Å². The molecule has 0 aliphatic carbocycles. The van der Waals surface area contributed by atoms with E-state index in [9.17, 15) is 0 Å². The molecule has 0 fully saturated rings. The molecule has 0 radical (unpaired) electrons. The van der Waals surface area contributed by atoms with Crippen molar-refractivity contribution in [3.63, 3.8) is 0 Å². The first kappa shape index (κ1) is 15.8. The van der Waals surface area contributed by atoms with Gasteiger partial charge in [0.05, 0.1) is 24.2 Å². The molecule has 1 unspecified atom stereocenters. The molecular weight excluding hydrogens is 266 g/mol. The zero-order valence-corrected chi connectivity index (χ0v) is 13.3. The van der Waals surface area contributed by atoms with Crippen LogP contribution in [0.1, 0.15) is 44.6 Å². The van der Waals surface area contributed by atoms with Gasteiger partial charge in [-0.3, -0.25) is 0 Å². The van der Waals surface area contributed by atoms with Crippen molar-refractivity contribution in [2.75, 3.05) is 20.8 Å². The molecule has 0 saturated heterocycles. The zero-order valence-electron chi connectivity index (χ0n) is 13.3. The number of methoxy groups -OCH3 is 2. The molecule has 1 atom stereocenters. The van der Waals surface area contributed by atoms with Crippen LogP contribution in [-0.4, -0.2) is 30.4 Å². The number of hydrogen-bond donors (Lipinski definition) is 1. The number of nitrogens with zero attached hydrogens (tertiary/aromatic N) is 2. The Balaban J connectivity index is 2.39. The van der Waals surface area contributed by atoms with Gasteiger partial charge < -0.3 is 19.8 Å². The summed E-state index contributed by atoms with van der Waals surface area (Å²) in [5.74, 6) is 1.75. The highest BCUT2D eigenvalue weighted by atomic mass is 16.5. The fourth-order valence-corrected chi connectivity index (χ4v) is 2.61. The van der Waals surface area contributed by atoms with Crippen molar-refractivity contribution in [3.05, 3.63) is 24.0 Å². The van der Waals surface area contributed by atoms with Crippen molar-refractivity contribution in [3.8, 4) is 5.75 Å². The molecule has 1 aromatic carbocycles. The SMILES string of the molecule is COCCCC(N)c1nc2cc(OC)ccc2n1C(C)C. The minimum atomic E-state index is -0.0825. The van der Waals surface area contributed by atoms with E-state index in [1.54, 1.807) is 14.2 Å². The van der Waals surface area contributed by atoms with Crippen LogP contribution in [0.15, 0.2) is 18.2 Å². The van der Waals surface area contributed by atoms with Gasteiger partial charge in [0.25, 0.3) is 0 Å². The molecule has 0 aliphatic heterocycles. The minimum absolute atomic E-state index is 0.0825. The summed E-state index contributed by atoms with van der Waals surface area (Å²) in [7, 11) is 3.37. The van der Waals surface area contributed by atoms with Gasteiger partial charge in [-0.05, 0) is 38.8 Å². The Labute approximate surface area is 126 Å². The van der Waals surface area contributed by atoms with E-state index in [0.29, 0.717) is 6.04 Å². The number of aromatic nitrogens is 2. The average molecular weight is 291 g/mol. The maximum absolute atomic E-state index is 6.34. The monoisotopic (exact) mass is 291 g/mol. The number of fused-ring (bicyclic) bond motifs is 1. The number of rotatable bonds is 7. The van der Waals surface area contributed by atoms with Crippen molar-refractivity contribution >= 4 is 11.0 Å². The van der Waals surface area contributed by atoms with Crippen LogP contribution in [0.5, 0.6) is 5.75 Å². The molecule has 2 rings (SSSR count). The lowest BCUT2D eigenvalue weighted by Gasteiger charge is -2.17. The third kappa shape index (κ3) is 3.36. The van der Waals surface area contributed by atoms with Gasteiger partial charge >= 0.3 is 0 Å². The topological polar surface area (TPSA) is 62.3 Å². The standard InChI is InChI=1S/C16H25N3O2/c1-11(2)19-15-8-7-12(21-4)10-14(15)18-16(19)13(17)6-5-9-20-3/h7-8,10-11,13H,5-6,9,17H2,1-4H3. The predicted molar refractivity (Wildman–Crippen MR) is 84.7 cm³/mol. The van der Waals surface area contributed by atoms with E-state index in [2.05, 4.69) is 18.4 Å². The Morgan fingerprint density at radius 2 is 2.05 bits per heavy atom. The highest BCUT2D eigenvalue weighted by molar-refractivity contribution is 5.78. The minimum Gasteiger partial charge on any atom is -0.497 e. The number of benzene rings is 1. The fraction of sp³-hybridized carbons (Fsp3) is 0.562. The summed E-state index contributed by atoms with van der Waals surface area (Å²) < 4.78 is 12.6. The van der Waals surface area contributed by atoms with E-state index in [0.717, 1.165) is 42.1 Å². The Morgan fingerprint density at radius 1 is 1.29 bits per heavy atom. The predicted octanol–water partition coefficient (Wildman–Crippen LogP) is 3.05. The summed E-state index contributed by atoms with van der Waals surface area (Å²) in [6, 6.07) is 6.20. The van der Waals surface area contributed by atoms with Crippen molar-refractivity contribution in [1.29, 1.82) is 0 Å². The molecule has 21 heavy (non-hydrogen) atoms. The Kier molecular flexibility index (Phi) is 5.20. The largest absolute Gasteiger partial charge is 0.497 e. The summed E-state index contributed by atoms with van der Waals surface area (Å²) in [6.45, 7) is 5.02. The van der Waals surface area contributed by atoms with Crippen LogP contribution < -0.4 is 10.5 Å². The smallest absolute Gasteiger partial charge is 0.127 e. The van der Waals surface area contributed by atoms with Gasteiger partial charge in [0, 0.05) is 25.8 Å². The van der Waals surface area contributed by atoms with Crippen LogP contribution >= 0.6 is 0 Å². The first-order valence-electron chi connectivity index (χ1n) is 7.38. The molecule has 0 spiro atoms. The molecule has 5 nitrogen and oxygen atoms in total. The van der Waals surface area contributed by atoms with E-state index >= 15 is 0 Å². The van der Waals surface area contributed by atoms with E-state index in [1.165, 1.54) is 0 Å². The normalized spacial score (nSPS) is 13.0. The van der Waals surface area contributed by atoms with Gasteiger partial charge in [0.2, 0.25) is 0 Å². The van der Waals surface area contributed by atoms with Crippen molar-refractivity contribution < 1.29 is 9.47 Å². The summed E-state index contributed by atoms with van der Waals surface area (Å²) in [5.41, 5.74) is 8.37. The molecule has 1 heterocycles. The van der Waals surface area contributed by atoms with E-state index < -0.39 is 0 Å². The molecule has 1 aromatic heterocycles. The molecule has 2 N–H and O–H groups in total. The number of ether oxygens (including phenoxy) is 2. The summed E-state index contributed by atoms with van der Waals surface area (Å²) in [4.78, 5) is 4.74. The quantitative estimate of drug-likeness (QED) is 0.796. The van der Waals surface area contributed by atoms with Crippen LogP contribution in [0.3, 0.4) is 0 Å². The van der Waals surface area contributed by atoms with Gasteiger partial charge in [0.15, 0.2) is 0 Å². The Morgan fingerprint density at radius 3 is 2.67 bits per heavy atom. The molecular formula is C16H25N3O2. The average Bonchev–Trinajstić information content (AvgIpc) is 2.85. The second-order valence-corrected chi connectivity index (χ2v) is 5.53. The maximum Gasteiger partial charge on any atom is 0.127 e. The summed E-state index contributed by atoms with van der Waals surface area (Å²) in [6.07, 6.45) is 1.79. The van der Waals surface area contributed by atoms with Gasteiger partial charge in [-0.1, -0.05) is 0 Å². The maximum atomic E-state index is 6.34. The first-order chi connectivity index (χ1) is 10.1. The summed E-state index contributed by atoms with van der Waals surface area (Å²) >= 11 is 0. The molecule has 116 valence electrons. The molecule has 2 aromatic rings. The molecule has 0 aliphatic rings. The van der Waals surface area contributed by atoms with Crippen molar-refractivity contribution in [1.82, 2.24) is 9.55 Å². The van der Waals surface area contributed by atoms with Gasteiger partial charge in [-0.25, -0.2) is 4.98 Å². The van der Waals surface area contributed by atoms with Gasteiger partial charge in [0.1, 0.15) is 11.6 Å². The molecule has 5 heteroatoms. The Bertz CT molecular complexity index is 592. The van der Waals surface area contributed by atoms with Crippen molar-refractivity contribution in [2.45, 2.75) is 38.8 Å². The number of nitrogens with two attached hydrogens (primary N) is 1. The second-order valence-electron chi connectivity index (χ2n) is 5.53. The third-order valence-electron chi connectivity index (χ3n) is 3.64. The highest BCUT2D eigenvalue weighted by Gasteiger charge is 2.19. The van der Waals surface area contributed by atoms with E-state index in [-0.39, 0.29) is 6.04 Å². The van der Waals surface area contributed by atoms with Gasteiger partial charge in [-0.2, -0.15) is 0 Å². The highest BCUT2D eigenvalue weighted by Crippen LogP contribution is 2.28. The van der Waals surface area contributed by atoms with Crippen molar-refractivity contribution in [2.24, 2.45) is 5.73 Å². The first-order valence-corrected chi connectivity index (χ1v) is 7.38. The molecule has 0 saturated carbocycles. The number of imidazole rings is 1. The second kappa shape index (κ2) is 6.91.